The smallest absolute Gasteiger partial charge is 0.261 e. The Morgan fingerprint density at radius 1 is 1.27 bits per heavy atom. The van der Waals surface area contributed by atoms with Crippen LogP contribution in [0.5, 0.6) is 0 Å². The van der Waals surface area contributed by atoms with Gasteiger partial charge in [0.05, 0.1) is 4.90 Å². The predicted octanol–water partition coefficient (Wildman–Crippen LogP) is 2.61. The van der Waals surface area contributed by atoms with E-state index in [0.29, 0.717) is 11.1 Å². The number of hydrogen-bond acceptors (Lipinski definition) is 3. The first-order valence-corrected chi connectivity index (χ1v) is 6.68. The molecule has 0 aliphatic heterocycles. The third kappa shape index (κ3) is 2.71. The van der Waals surface area contributed by atoms with Crippen LogP contribution in [0.1, 0.15) is 21.5 Å². The highest BCUT2D eigenvalue weighted by molar-refractivity contribution is 8.13. The van der Waals surface area contributed by atoms with Gasteiger partial charge >= 0.3 is 0 Å². The van der Waals surface area contributed by atoms with E-state index in [2.05, 4.69) is 0 Å². The van der Waals surface area contributed by atoms with Crippen LogP contribution in [0.25, 0.3) is 0 Å². The molecular weight excluding hydrogens is 259 g/mol. The van der Waals surface area contributed by atoms with Crippen molar-refractivity contribution in [3.63, 3.8) is 0 Å². The number of halogens is 2. The maximum Gasteiger partial charge on any atom is 0.261 e. The van der Waals surface area contributed by atoms with Crippen molar-refractivity contribution in [2.75, 3.05) is 0 Å². The molecule has 0 amide bonds. The highest BCUT2D eigenvalue weighted by atomic mass is 35.7. The molecule has 6 heteroatoms. The lowest BCUT2D eigenvalue weighted by Crippen LogP contribution is -2.00. The molecule has 3 nitrogen and oxygen atoms in total. The van der Waals surface area contributed by atoms with Gasteiger partial charge < -0.3 is 0 Å². The fraction of sp³-hybridized carbons (Fsp3) is 0.222. The van der Waals surface area contributed by atoms with E-state index in [0.717, 1.165) is 0 Å². The van der Waals surface area contributed by atoms with Crippen molar-refractivity contribution in [1.82, 2.24) is 0 Å². The minimum atomic E-state index is -3.84. The summed E-state index contributed by atoms with van der Waals surface area (Å²) in [5.74, 6) is 0. The molecule has 0 fully saturated rings. The molecule has 0 spiro atoms. The summed E-state index contributed by atoms with van der Waals surface area (Å²) in [5.41, 5.74) is 1.47. The third-order valence-corrected chi connectivity index (χ3v) is 3.67. The zero-order chi connectivity index (χ0) is 11.8. The zero-order valence-corrected chi connectivity index (χ0v) is 10.4. The summed E-state index contributed by atoms with van der Waals surface area (Å²) in [6.45, 7) is 3.37. The molecule has 1 aromatic carbocycles. The molecule has 0 aliphatic rings. The molecule has 1 rings (SSSR count). The lowest BCUT2D eigenvalue weighted by Gasteiger charge is -2.06. The summed E-state index contributed by atoms with van der Waals surface area (Å²) in [4.78, 5) is 10.9. The van der Waals surface area contributed by atoms with E-state index in [1.165, 1.54) is 12.1 Å². The normalized spacial score (nSPS) is 11.5. The summed E-state index contributed by atoms with van der Waals surface area (Å²) < 4.78 is 22.2. The van der Waals surface area contributed by atoms with Gasteiger partial charge in [-0.2, -0.15) is 0 Å². The summed E-state index contributed by atoms with van der Waals surface area (Å²) in [6.07, 6.45) is 0. The third-order valence-electron chi connectivity index (χ3n) is 2.13. The van der Waals surface area contributed by atoms with Gasteiger partial charge in [-0.1, -0.05) is 0 Å². The average molecular weight is 267 g/mol. The van der Waals surface area contributed by atoms with E-state index >= 15 is 0 Å². The summed E-state index contributed by atoms with van der Waals surface area (Å²) in [5, 5.41) is -0.697. The molecule has 0 aromatic heterocycles. The largest absolute Gasteiger partial charge is 0.276 e. The predicted molar refractivity (Wildman–Crippen MR) is 59.1 cm³/mol. The van der Waals surface area contributed by atoms with Crippen LogP contribution in [-0.2, 0) is 9.05 Å². The summed E-state index contributed by atoms with van der Waals surface area (Å²) in [6, 6.07) is 2.58. The molecule has 0 atom stereocenters. The lowest BCUT2D eigenvalue weighted by atomic mass is 10.0. The monoisotopic (exact) mass is 266 g/mol. The topological polar surface area (TPSA) is 51.2 Å². The van der Waals surface area contributed by atoms with Crippen LogP contribution < -0.4 is 0 Å². The van der Waals surface area contributed by atoms with Crippen molar-refractivity contribution < 1.29 is 13.2 Å². The van der Waals surface area contributed by atoms with E-state index in [-0.39, 0.29) is 10.5 Å². The standard InChI is InChI=1S/C9H8Cl2O3S/c1-5-3-7(15(11,13)14)4-8(6(5)2)9(10)12/h3-4H,1-2H3. The molecule has 0 saturated carbocycles. The molecule has 0 aliphatic carbocycles. The Kier molecular flexibility index (Phi) is 3.43. The van der Waals surface area contributed by atoms with E-state index in [9.17, 15) is 13.2 Å². The van der Waals surface area contributed by atoms with Crippen LogP contribution in [0.3, 0.4) is 0 Å². The molecule has 0 N–H and O–H groups in total. The van der Waals surface area contributed by atoms with Crippen LogP contribution >= 0.6 is 22.3 Å². The second kappa shape index (κ2) is 4.12. The van der Waals surface area contributed by atoms with E-state index in [1.807, 2.05) is 0 Å². The van der Waals surface area contributed by atoms with Gasteiger partial charge in [-0.3, -0.25) is 4.79 Å². The second-order valence-electron chi connectivity index (χ2n) is 3.12. The zero-order valence-electron chi connectivity index (χ0n) is 8.04. The van der Waals surface area contributed by atoms with Gasteiger partial charge in [-0.15, -0.1) is 0 Å². The van der Waals surface area contributed by atoms with Crippen molar-refractivity contribution >= 4 is 36.6 Å². The number of rotatable bonds is 2. The fourth-order valence-corrected chi connectivity index (χ4v) is 2.21. The summed E-state index contributed by atoms with van der Waals surface area (Å²) in [7, 11) is 1.34. The van der Waals surface area contributed by atoms with Crippen molar-refractivity contribution in [1.29, 1.82) is 0 Å². The average Bonchev–Trinajstić information content (AvgIpc) is 2.06. The molecule has 0 bridgehead atoms. The second-order valence-corrected chi connectivity index (χ2v) is 6.03. The van der Waals surface area contributed by atoms with Gasteiger partial charge in [0.15, 0.2) is 0 Å². The minimum Gasteiger partial charge on any atom is -0.276 e. The molecule has 0 heterocycles. The van der Waals surface area contributed by atoms with Crippen LogP contribution in [0, 0.1) is 13.8 Å². The molecule has 0 saturated heterocycles. The Balaban J connectivity index is 3.57. The fourth-order valence-electron chi connectivity index (χ4n) is 1.17. The lowest BCUT2D eigenvalue weighted by molar-refractivity contribution is 0.108. The first kappa shape index (κ1) is 12.5. The van der Waals surface area contributed by atoms with E-state index in [4.69, 9.17) is 22.3 Å². The van der Waals surface area contributed by atoms with E-state index in [1.54, 1.807) is 13.8 Å². The highest BCUT2D eigenvalue weighted by Crippen LogP contribution is 2.23. The minimum absolute atomic E-state index is 0.115. The Morgan fingerprint density at radius 3 is 2.20 bits per heavy atom. The van der Waals surface area contributed by atoms with Crippen LogP contribution in [0.4, 0.5) is 0 Å². The molecule has 1 aromatic rings. The Morgan fingerprint density at radius 2 is 1.80 bits per heavy atom. The number of hydrogen-bond donors (Lipinski definition) is 0. The van der Waals surface area contributed by atoms with Gasteiger partial charge in [0.1, 0.15) is 0 Å². The van der Waals surface area contributed by atoms with Crippen LogP contribution in [-0.4, -0.2) is 13.7 Å². The summed E-state index contributed by atoms with van der Waals surface area (Å²) >= 11 is 5.33. The Bertz CT molecular complexity index is 520. The number of carbonyl (C=O) groups excluding carboxylic acids is 1. The highest BCUT2D eigenvalue weighted by Gasteiger charge is 2.16. The van der Waals surface area contributed by atoms with Crippen LogP contribution in [0.15, 0.2) is 17.0 Å². The van der Waals surface area contributed by atoms with Gasteiger partial charge in [0.2, 0.25) is 0 Å². The SMILES string of the molecule is Cc1cc(S(=O)(=O)Cl)cc(C(=O)Cl)c1C. The van der Waals surface area contributed by atoms with Gasteiger partial charge in [-0.25, -0.2) is 8.42 Å². The molecule has 15 heavy (non-hydrogen) atoms. The molecule has 0 unspecified atom stereocenters. The molecule has 82 valence electrons. The number of benzene rings is 1. The van der Waals surface area contributed by atoms with Gasteiger partial charge in [0, 0.05) is 16.2 Å². The quantitative estimate of drug-likeness (QED) is 0.774. The van der Waals surface area contributed by atoms with Crippen molar-refractivity contribution in [3.05, 3.63) is 28.8 Å². The first-order valence-electron chi connectivity index (χ1n) is 3.99. The molecule has 0 radical (unpaired) electrons. The maximum absolute atomic E-state index is 11.1. The number of aryl methyl sites for hydroxylation is 1. The van der Waals surface area contributed by atoms with Crippen LogP contribution in [0.2, 0.25) is 0 Å². The maximum atomic E-state index is 11.1. The first-order chi connectivity index (χ1) is 6.73. The number of carbonyl (C=O) groups is 1. The molecular formula is C9H8Cl2O3S. The van der Waals surface area contributed by atoms with E-state index < -0.39 is 14.3 Å². The van der Waals surface area contributed by atoms with Gasteiger partial charge in [0.25, 0.3) is 14.3 Å². The Labute approximate surface area is 97.4 Å². The van der Waals surface area contributed by atoms with Crippen molar-refractivity contribution in [2.24, 2.45) is 0 Å². The van der Waals surface area contributed by atoms with Crippen molar-refractivity contribution in [2.45, 2.75) is 18.7 Å². The van der Waals surface area contributed by atoms with Crippen molar-refractivity contribution in [3.8, 4) is 0 Å². The van der Waals surface area contributed by atoms with Gasteiger partial charge in [-0.05, 0) is 48.7 Å². The Hall–Kier alpha value is -0.580.